The number of benzene rings is 3. The molecule has 1 N–H and O–H groups in total. The van der Waals surface area contributed by atoms with Crippen molar-refractivity contribution in [3.8, 4) is 5.75 Å². The van der Waals surface area contributed by atoms with E-state index in [2.05, 4.69) is 0 Å². The van der Waals surface area contributed by atoms with Gasteiger partial charge in [-0.15, -0.1) is 0 Å². The Morgan fingerprint density at radius 3 is 2.11 bits per heavy atom. The number of amidine groups is 1. The second-order valence-corrected chi connectivity index (χ2v) is 7.80. The third-order valence-electron chi connectivity index (χ3n) is 4.75. The molecule has 4 rings (SSSR count). The van der Waals surface area contributed by atoms with Crippen LogP contribution < -0.4 is 13.3 Å². The Kier molecular flexibility index (Phi) is 4.88. The summed E-state index contributed by atoms with van der Waals surface area (Å²) in [6.45, 7) is 2.01. The van der Waals surface area contributed by atoms with Crippen molar-refractivity contribution in [2.75, 3.05) is 15.7 Å². The molecule has 1 saturated heterocycles. The van der Waals surface area contributed by atoms with Gasteiger partial charge in [0.15, 0.2) is 0 Å². The first kappa shape index (κ1) is 18.3. The van der Waals surface area contributed by atoms with Crippen LogP contribution in [-0.4, -0.2) is 17.2 Å². The van der Waals surface area contributed by atoms with Crippen molar-refractivity contribution < 1.29 is 8.95 Å². The fourth-order valence-corrected chi connectivity index (χ4v) is 4.74. The Bertz CT molecular complexity index is 1000. The van der Waals surface area contributed by atoms with Gasteiger partial charge in [0.05, 0.1) is 18.5 Å². The number of aryl methyl sites for hydroxylation is 1. The summed E-state index contributed by atoms with van der Waals surface area (Å²) in [4.78, 5) is 0. The fourth-order valence-electron chi connectivity index (χ4n) is 3.29. The Morgan fingerprint density at radius 1 is 0.893 bits per heavy atom. The minimum absolute atomic E-state index is 0.282. The maximum absolute atomic E-state index is 13.5. The standard InChI is InChI=1S/C22H21N3O2S/c1-16-8-10-19(11-9-16)25-22(23)21(17-6-4-3-5-7-17)24(28(25)26)18-12-14-20(27-2)15-13-18/h3-15,21,23H,1-2H3. The Morgan fingerprint density at radius 2 is 1.50 bits per heavy atom. The highest BCUT2D eigenvalue weighted by molar-refractivity contribution is 7.89. The van der Waals surface area contributed by atoms with E-state index < -0.39 is 17.2 Å². The molecule has 1 fully saturated rings. The normalized spacial score (nSPS) is 19.1. The van der Waals surface area contributed by atoms with Crippen LogP contribution in [0.4, 0.5) is 11.4 Å². The summed E-state index contributed by atoms with van der Waals surface area (Å²) < 4.78 is 22.1. The Labute approximate surface area is 167 Å². The highest BCUT2D eigenvalue weighted by Gasteiger charge is 2.44. The SMILES string of the molecule is COc1ccc(N2C(c3ccccc3)C(=N)N(c3ccc(C)cc3)S2=O)cc1. The molecule has 6 heteroatoms. The van der Waals surface area contributed by atoms with Gasteiger partial charge in [0, 0.05) is 0 Å². The number of ether oxygens (including phenoxy) is 1. The third kappa shape index (κ3) is 3.16. The molecule has 3 aromatic rings. The number of nitrogens with one attached hydrogen (secondary N) is 1. The maximum atomic E-state index is 13.5. The summed E-state index contributed by atoms with van der Waals surface area (Å²) in [5.74, 6) is 1.01. The molecule has 1 heterocycles. The first-order chi connectivity index (χ1) is 13.6. The quantitative estimate of drug-likeness (QED) is 0.705. The first-order valence-corrected chi connectivity index (χ1v) is 10.0. The van der Waals surface area contributed by atoms with E-state index in [0.29, 0.717) is 0 Å². The lowest BCUT2D eigenvalue weighted by Gasteiger charge is -2.23. The van der Waals surface area contributed by atoms with Crippen LogP contribution in [0.25, 0.3) is 0 Å². The lowest BCUT2D eigenvalue weighted by atomic mass is 10.0. The smallest absolute Gasteiger partial charge is 0.232 e. The molecule has 0 saturated carbocycles. The van der Waals surface area contributed by atoms with Gasteiger partial charge in [-0.1, -0.05) is 48.0 Å². The lowest BCUT2D eigenvalue weighted by Crippen LogP contribution is -2.27. The van der Waals surface area contributed by atoms with Crippen LogP contribution in [0.5, 0.6) is 5.75 Å². The Hall–Kier alpha value is -3.12. The predicted molar refractivity (Wildman–Crippen MR) is 114 cm³/mol. The first-order valence-electron chi connectivity index (χ1n) is 8.95. The molecule has 0 aromatic heterocycles. The van der Waals surface area contributed by atoms with Crippen molar-refractivity contribution in [1.82, 2.24) is 0 Å². The summed E-state index contributed by atoms with van der Waals surface area (Å²) >= 11 is -1.57. The van der Waals surface area contributed by atoms with Gasteiger partial charge in [-0.25, -0.2) is 8.51 Å². The monoisotopic (exact) mass is 391 g/mol. The minimum Gasteiger partial charge on any atom is -0.497 e. The van der Waals surface area contributed by atoms with E-state index in [1.165, 1.54) is 0 Å². The minimum atomic E-state index is -1.57. The Balaban J connectivity index is 1.81. The van der Waals surface area contributed by atoms with Crippen LogP contribution in [0.2, 0.25) is 0 Å². The van der Waals surface area contributed by atoms with Crippen LogP contribution in [0.3, 0.4) is 0 Å². The zero-order chi connectivity index (χ0) is 19.7. The molecule has 2 unspecified atom stereocenters. The summed E-state index contributed by atoms with van der Waals surface area (Å²) in [5.41, 5.74) is 3.55. The maximum Gasteiger partial charge on any atom is 0.232 e. The topological polar surface area (TPSA) is 56.6 Å². The number of rotatable bonds is 4. The summed E-state index contributed by atoms with van der Waals surface area (Å²) in [7, 11) is 1.62. The van der Waals surface area contributed by atoms with E-state index in [9.17, 15) is 4.21 Å². The summed E-state index contributed by atoms with van der Waals surface area (Å²) in [6.07, 6.45) is 0. The largest absolute Gasteiger partial charge is 0.497 e. The predicted octanol–water partition coefficient (Wildman–Crippen LogP) is 4.63. The fraction of sp³-hybridized carbons (Fsp3) is 0.136. The second-order valence-electron chi connectivity index (χ2n) is 6.58. The van der Waals surface area contributed by atoms with Gasteiger partial charge < -0.3 is 4.74 Å². The lowest BCUT2D eigenvalue weighted by molar-refractivity contribution is 0.415. The van der Waals surface area contributed by atoms with Crippen molar-refractivity contribution in [3.63, 3.8) is 0 Å². The zero-order valence-corrected chi connectivity index (χ0v) is 16.5. The molecule has 5 nitrogen and oxygen atoms in total. The molecule has 0 aliphatic carbocycles. The zero-order valence-electron chi connectivity index (χ0n) is 15.7. The molecule has 3 aromatic carbocycles. The number of anilines is 2. The van der Waals surface area contributed by atoms with Crippen LogP contribution in [0.1, 0.15) is 17.2 Å². The average Bonchev–Trinajstić information content (AvgIpc) is 2.99. The molecule has 1 aliphatic heterocycles. The van der Waals surface area contributed by atoms with Crippen LogP contribution in [0.15, 0.2) is 78.9 Å². The summed E-state index contributed by atoms with van der Waals surface area (Å²) in [5, 5.41) is 8.85. The van der Waals surface area contributed by atoms with Crippen LogP contribution >= 0.6 is 0 Å². The van der Waals surface area contributed by atoms with E-state index in [1.54, 1.807) is 15.7 Å². The highest BCUT2D eigenvalue weighted by atomic mass is 32.2. The van der Waals surface area contributed by atoms with E-state index in [4.69, 9.17) is 10.1 Å². The van der Waals surface area contributed by atoms with Gasteiger partial charge in [0.25, 0.3) is 0 Å². The average molecular weight is 391 g/mol. The molecule has 142 valence electrons. The molecular weight excluding hydrogens is 370 g/mol. The molecule has 0 spiro atoms. The number of nitrogens with zero attached hydrogens (tertiary/aromatic N) is 2. The molecule has 0 radical (unpaired) electrons. The number of hydrogen-bond donors (Lipinski definition) is 1. The van der Waals surface area contributed by atoms with Gasteiger partial charge in [-0.2, -0.15) is 0 Å². The molecule has 0 amide bonds. The van der Waals surface area contributed by atoms with Crippen molar-refractivity contribution in [2.45, 2.75) is 13.0 Å². The highest BCUT2D eigenvalue weighted by Crippen LogP contribution is 2.40. The molecule has 2 atom stereocenters. The number of methoxy groups -OCH3 is 1. The third-order valence-corrected chi connectivity index (χ3v) is 6.23. The van der Waals surface area contributed by atoms with Crippen molar-refractivity contribution in [3.05, 3.63) is 90.0 Å². The molecule has 0 bridgehead atoms. The van der Waals surface area contributed by atoms with Crippen LogP contribution in [-0.2, 0) is 11.2 Å². The van der Waals surface area contributed by atoms with Crippen molar-refractivity contribution in [2.24, 2.45) is 0 Å². The van der Waals surface area contributed by atoms with Crippen LogP contribution in [0, 0.1) is 12.3 Å². The van der Waals surface area contributed by atoms with E-state index >= 15 is 0 Å². The van der Waals surface area contributed by atoms with Crippen molar-refractivity contribution >= 4 is 28.4 Å². The molecule has 1 aliphatic rings. The van der Waals surface area contributed by atoms with E-state index in [0.717, 1.165) is 28.3 Å². The molecule has 28 heavy (non-hydrogen) atoms. The van der Waals surface area contributed by atoms with E-state index in [-0.39, 0.29) is 5.84 Å². The number of hydrogen-bond acceptors (Lipinski definition) is 3. The second kappa shape index (κ2) is 7.48. The van der Waals surface area contributed by atoms with Gasteiger partial charge in [0.1, 0.15) is 17.6 Å². The molecular formula is C22H21N3O2S. The van der Waals surface area contributed by atoms with Gasteiger partial charge in [-0.3, -0.25) is 9.71 Å². The van der Waals surface area contributed by atoms with E-state index in [1.807, 2.05) is 85.8 Å². The van der Waals surface area contributed by atoms with Gasteiger partial charge in [0.2, 0.25) is 11.2 Å². The van der Waals surface area contributed by atoms with Gasteiger partial charge in [-0.05, 0) is 48.9 Å². The summed E-state index contributed by atoms with van der Waals surface area (Å²) in [6, 6.07) is 24.5. The van der Waals surface area contributed by atoms with Gasteiger partial charge >= 0.3 is 0 Å². The van der Waals surface area contributed by atoms with Crippen molar-refractivity contribution in [1.29, 1.82) is 5.41 Å².